The molecule has 4 aromatic carbocycles. The number of Topliss-reactive ketones (excluding diaryl/α,β-unsaturated/α-hetero) is 2. The van der Waals surface area contributed by atoms with Crippen molar-refractivity contribution in [1.29, 1.82) is 0 Å². The van der Waals surface area contributed by atoms with Gasteiger partial charge in [0, 0.05) is 28.1 Å². The van der Waals surface area contributed by atoms with Crippen molar-refractivity contribution >= 4 is 33.4 Å². The predicted molar refractivity (Wildman–Crippen MR) is 163 cm³/mol. The number of ketones is 2. The largest absolute Gasteiger partial charge is 0.450 e. The van der Waals surface area contributed by atoms with Gasteiger partial charge in [0.1, 0.15) is 5.78 Å². The van der Waals surface area contributed by atoms with Crippen LogP contribution in [0.1, 0.15) is 12.5 Å². The van der Waals surface area contributed by atoms with Crippen molar-refractivity contribution in [3.8, 4) is 22.4 Å². The molecule has 7 heteroatoms. The molecule has 0 saturated carbocycles. The maximum Gasteiger partial charge on any atom is 0.450 e. The van der Waals surface area contributed by atoms with Crippen molar-refractivity contribution in [3.63, 3.8) is 0 Å². The lowest BCUT2D eigenvalue weighted by Crippen LogP contribution is -2.35. The van der Waals surface area contributed by atoms with Crippen LogP contribution < -0.4 is 0 Å². The van der Waals surface area contributed by atoms with Gasteiger partial charge in [0.15, 0.2) is 0 Å². The predicted octanol–water partition coefficient (Wildman–Crippen LogP) is 8.68. The Balaban J connectivity index is 0.000000189. The Morgan fingerprint density at radius 1 is 0.698 bits per heavy atom. The average Bonchev–Trinajstić information content (AvgIpc) is 3.03. The first kappa shape index (κ1) is 29.3. The summed E-state index contributed by atoms with van der Waals surface area (Å²) in [5, 5.41) is 2.22. The Bertz CT molecular complexity index is 1870. The third kappa shape index (κ3) is 6.84. The van der Waals surface area contributed by atoms with E-state index in [4.69, 9.17) is 4.98 Å². The smallest absolute Gasteiger partial charge is 0.299 e. The summed E-state index contributed by atoms with van der Waals surface area (Å²) in [5.74, 6) is -4.39. The van der Waals surface area contributed by atoms with Crippen molar-refractivity contribution < 1.29 is 22.8 Å². The second-order valence-electron chi connectivity index (χ2n) is 10.0. The maximum atomic E-state index is 12.3. The molecule has 0 N–H and O–H groups in total. The number of carbonyl (C=O) groups is 2. The first-order valence-corrected chi connectivity index (χ1v) is 13.7. The van der Waals surface area contributed by atoms with E-state index in [0.717, 1.165) is 45.6 Å². The van der Waals surface area contributed by atoms with E-state index in [9.17, 15) is 22.8 Å². The summed E-state index contributed by atoms with van der Waals surface area (Å²) >= 11 is 0. The van der Waals surface area contributed by atoms with Gasteiger partial charge in [0.05, 0.1) is 22.6 Å². The lowest BCUT2D eigenvalue weighted by molar-refractivity contribution is -0.176. The summed E-state index contributed by atoms with van der Waals surface area (Å²) in [7, 11) is 0. The summed E-state index contributed by atoms with van der Waals surface area (Å²) in [5.41, 5.74) is 6.83. The van der Waals surface area contributed by atoms with Crippen LogP contribution in [-0.2, 0) is 16.0 Å². The zero-order valence-electron chi connectivity index (χ0n) is 23.3. The van der Waals surface area contributed by atoms with Crippen LogP contribution in [0.2, 0.25) is 0 Å². The zero-order chi connectivity index (χ0) is 30.4. The van der Waals surface area contributed by atoms with E-state index in [1.165, 1.54) is 5.56 Å². The van der Waals surface area contributed by atoms with Gasteiger partial charge in [-0.05, 0) is 36.6 Å². The van der Waals surface area contributed by atoms with E-state index in [0.29, 0.717) is 5.56 Å². The molecule has 6 rings (SSSR count). The highest BCUT2D eigenvalue weighted by Gasteiger charge is 2.44. The van der Waals surface area contributed by atoms with Gasteiger partial charge in [-0.2, -0.15) is 13.2 Å². The molecule has 1 atom stereocenters. The molecule has 0 amide bonds. The van der Waals surface area contributed by atoms with E-state index in [1.807, 2.05) is 24.4 Å². The lowest BCUT2D eigenvalue weighted by atomic mass is 9.91. The van der Waals surface area contributed by atoms with E-state index < -0.39 is 23.7 Å². The molecule has 0 bridgehead atoms. The molecule has 0 spiro atoms. The zero-order valence-corrected chi connectivity index (χ0v) is 23.3. The van der Waals surface area contributed by atoms with Crippen molar-refractivity contribution in [1.82, 2.24) is 9.97 Å². The van der Waals surface area contributed by atoms with E-state index >= 15 is 0 Å². The van der Waals surface area contributed by atoms with Gasteiger partial charge in [0.25, 0.3) is 0 Å². The van der Waals surface area contributed by atoms with Crippen molar-refractivity contribution in [3.05, 3.63) is 133 Å². The van der Waals surface area contributed by atoms with Crippen LogP contribution in [0.4, 0.5) is 13.2 Å². The highest BCUT2D eigenvalue weighted by Crippen LogP contribution is 2.35. The molecule has 0 aliphatic heterocycles. The van der Waals surface area contributed by atoms with Crippen LogP contribution in [0.25, 0.3) is 44.2 Å². The number of halogens is 3. The van der Waals surface area contributed by atoms with Gasteiger partial charge in [-0.15, -0.1) is 0 Å². The standard InChI is InChI=1S/C24H16N2.C12H11F3O2/c1-3-8-17(9-4-1)21-16-20-14-13-19-12-7-15-25-23(19)24(20)26-22(21)18-10-5-2-6-11-18;1-8(16)10(11(17)12(13,14)15)7-9-5-3-2-4-6-9/h1-16H;2-6,10H,7H2,1H3. The second-order valence-corrected chi connectivity index (χ2v) is 10.0. The third-order valence-electron chi connectivity index (χ3n) is 7.06. The molecule has 214 valence electrons. The number of pyridine rings is 2. The lowest BCUT2D eigenvalue weighted by Gasteiger charge is -2.14. The normalized spacial score (nSPS) is 11.9. The number of nitrogens with zero attached hydrogens (tertiary/aromatic N) is 2. The van der Waals surface area contributed by atoms with Crippen LogP contribution in [0.3, 0.4) is 0 Å². The van der Waals surface area contributed by atoms with Gasteiger partial charge < -0.3 is 0 Å². The van der Waals surface area contributed by atoms with Crippen LogP contribution in [-0.4, -0.2) is 27.7 Å². The van der Waals surface area contributed by atoms with Crippen LogP contribution in [0, 0.1) is 5.92 Å². The number of carbonyl (C=O) groups excluding carboxylic acids is 2. The van der Waals surface area contributed by atoms with Crippen molar-refractivity contribution in [2.75, 3.05) is 0 Å². The Hall–Kier alpha value is -5.17. The third-order valence-corrected chi connectivity index (χ3v) is 7.06. The molecule has 4 nitrogen and oxygen atoms in total. The minimum atomic E-state index is -4.97. The summed E-state index contributed by atoms with van der Waals surface area (Å²) in [6.07, 6.45) is -3.35. The summed E-state index contributed by atoms with van der Waals surface area (Å²) in [6, 6.07) is 39.5. The molecule has 0 saturated heterocycles. The fourth-order valence-electron chi connectivity index (χ4n) is 4.90. The molecule has 0 aliphatic rings. The number of aromatic nitrogens is 2. The molecule has 0 radical (unpaired) electrons. The summed E-state index contributed by atoms with van der Waals surface area (Å²) < 4.78 is 36.8. The first-order chi connectivity index (χ1) is 20.7. The van der Waals surface area contributed by atoms with Gasteiger partial charge in [0.2, 0.25) is 5.78 Å². The minimum Gasteiger partial charge on any atom is -0.299 e. The molecular formula is C36H27F3N2O2. The minimum absolute atomic E-state index is 0.214. The quantitative estimate of drug-likeness (QED) is 0.147. The SMILES string of the molecule is CC(=O)C(Cc1ccccc1)C(=O)C(F)(F)F.c1ccc(-c2cc3ccc4cccnc4c3nc2-c2ccccc2)cc1. The van der Waals surface area contributed by atoms with Crippen LogP contribution in [0.5, 0.6) is 0 Å². The number of hydrogen-bond acceptors (Lipinski definition) is 4. The highest BCUT2D eigenvalue weighted by molar-refractivity contribution is 6.06. The topological polar surface area (TPSA) is 59.9 Å². The van der Waals surface area contributed by atoms with Crippen molar-refractivity contribution in [2.45, 2.75) is 19.5 Å². The fraction of sp³-hybridized carbons (Fsp3) is 0.111. The van der Waals surface area contributed by atoms with Gasteiger partial charge in [-0.1, -0.05) is 109 Å². The number of fused-ring (bicyclic) bond motifs is 3. The number of alkyl halides is 3. The van der Waals surface area contributed by atoms with E-state index in [1.54, 1.807) is 30.3 Å². The Kier molecular flexibility index (Phi) is 8.71. The Morgan fingerprint density at radius 3 is 1.88 bits per heavy atom. The molecule has 0 aliphatic carbocycles. The fourth-order valence-corrected chi connectivity index (χ4v) is 4.90. The Morgan fingerprint density at radius 2 is 1.28 bits per heavy atom. The molecule has 0 fully saturated rings. The average molecular weight is 577 g/mol. The number of benzene rings is 4. The van der Waals surface area contributed by atoms with Crippen LogP contribution in [0.15, 0.2) is 128 Å². The molecule has 43 heavy (non-hydrogen) atoms. The van der Waals surface area contributed by atoms with E-state index in [-0.39, 0.29) is 6.42 Å². The van der Waals surface area contributed by atoms with Gasteiger partial charge in [-0.3, -0.25) is 14.6 Å². The highest BCUT2D eigenvalue weighted by atomic mass is 19.4. The summed E-state index contributed by atoms with van der Waals surface area (Å²) in [6.45, 7) is 0.997. The number of hydrogen-bond donors (Lipinski definition) is 0. The number of rotatable bonds is 6. The molecule has 2 aromatic heterocycles. The van der Waals surface area contributed by atoms with Crippen LogP contribution >= 0.6 is 0 Å². The Labute approximate surface area is 246 Å². The van der Waals surface area contributed by atoms with Gasteiger partial charge >= 0.3 is 6.18 Å². The maximum absolute atomic E-state index is 12.3. The van der Waals surface area contributed by atoms with E-state index in [2.05, 4.69) is 77.8 Å². The molecule has 6 aromatic rings. The second kappa shape index (κ2) is 12.8. The van der Waals surface area contributed by atoms with Crippen molar-refractivity contribution in [2.24, 2.45) is 5.92 Å². The first-order valence-electron chi connectivity index (χ1n) is 13.7. The monoisotopic (exact) mass is 576 g/mol. The molecular weight excluding hydrogens is 549 g/mol. The molecule has 2 heterocycles. The summed E-state index contributed by atoms with van der Waals surface area (Å²) in [4.78, 5) is 31.9. The molecule has 1 unspecified atom stereocenters. The van der Waals surface area contributed by atoms with Gasteiger partial charge in [-0.25, -0.2) is 4.98 Å².